The zero-order valence-corrected chi connectivity index (χ0v) is 11.0. The van der Waals surface area contributed by atoms with Crippen molar-refractivity contribution in [2.45, 2.75) is 16.2 Å². The van der Waals surface area contributed by atoms with E-state index in [1.807, 2.05) is 6.07 Å². The molecule has 92 valence electrons. The number of rotatable bonds is 3. The third-order valence-corrected chi connectivity index (χ3v) is 4.42. The molecule has 0 atom stereocenters. The zero-order chi connectivity index (χ0) is 13.3. The first-order valence-corrected chi connectivity index (χ1v) is 8.34. The summed E-state index contributed by atoms with van der Waals surface area (Å²) in [5.41, 5.74) is 0.308. The molecule has 1 aromatic carbocycles. The van der Waals surface area contributed by atoms with E-state index in [1.54, 1.807) is 0 Å². The standard InChI is InChI=1S/C10H11NO4S2/c1-16(12,13)9-4-3-8(5-6-11)10(7-9)17(2,14)15/h3-4,7H,5H2,1-2H3. The highest BCUT2D eigenvalue weighted by Gasteiger charge is 2.17. The van der Waals surface area contributed by atoms with Crippen LogP contribution in [0.2, 0.25) is 0 Å². The van der Waals surface area contributed by atoms with Gasteiger partial charge in [-0.15, -0.1) is 0 Å². The minimum absolute atomic E-state index is 0.0698. The van der Waals surface area contributed by atoms with E-state index >= 15 is 0 Å². The van der Waals surface area contributed by atoms with Gasteiger partial charge in [0, 0.05) is 12.5 Å². The summed E-state index contributed by atoms with van der Waals surface area (Å²) < 4.78 is 45.6. The lowest BCUT2D eigenvalue weighted by Crippen LogP contribution is -2.05. The second-order valence-corrected chi connectivity index (χ2v) is 7.65. The normalized spacial score (nSPS) is 12.1. The fourth-order valence-electron chi connectivity index (χ4n) is 1.34. The van der Waals surface area contributed by atoms with Crippen molar-refractivity contribution in [3.63, 3.8) is 0 Å². The number of hydrogen-bond donors (Lipinski definition) is 0. The van der Waals surface area contributed by atoms with E-state index < -0.39 is 19.7 Å². The van der Waals surface area contributed by atoms with Crippen LogP contribution >= 0.6 is 0 Å². The summed E-state index contributed by atoms with van der Waals surface area (Å²) in [5, 5.41) is 8.58. The Morgan fingerprint density at radius 1 is 1.12 bits per heavy atom. The van der Waals surface area contributed by atoms with Gasteiger partial charge in [0.25, 0.3) is 0 Å². The quantitative estimate of drug-likeness (QED) is 0.802. The van der Waals surface area contributed by atoms with Crippen LogP contribution < -0.4 is 0 Å². The summed E-state index contributed by atoms with van der Waals surface area (Å²) in [6.45, 7) is 0. The molecule has 7 heteroatoms. The van der Waals surface area contributed by atoms with Crippen LogP contribution in [-0.2, 0) is 26.1 Å². The number of nitrogens with zero attached hydrogens (tertiary/aromatic N) is 1. The van der Waals surface area contributed by atoms with Gasteiger partial charge in [0.05, 0.1) is 22.3 Å². The molecule has 0 amide bonds. The summed E-state index contributed by atoms with van der Waals surface area (Å²) in [4.78, 5) is -0.179. The molecule has 1 aromatic rings. The van der Waals surface area contributed by atoms with Gasteiger partial charge >= 0.3 is 0 Å². The molecule has 1 rings (SSSR count). The monoisotopic (exact) mass is 273 g/mol. The molecule has 0 radical (unpaired) electrons. The minimum Gasteiger partial charge on any atom is -0.224 e. The summed E-state index contributed by atoms with van der Waals surface area (Å²) in [6, 6.07) is 5.59. The summed E-state index contributed by atoms with van der Waals surface area (Å²) in [7, 11) is -7.02. The number of benzene rings is 1. The Balaban J connectivity index is 3.58. The maximum Gasteiger partial charge on any atom is 0.175 e. The highest BCUT2D eigenvalue weighted by molar-refractivity contribution is 7.91. The van der Waals surface area contributed by atoms with Crippen molar-refractivity contribution < 1.29 is 16.8 Å². The lowest BCUT2D eigenvalue weighted by atomic mass is 10.2. The summed E-state index contributed by atoms with van der Waals surface area (Å²) in [5.74, 6) is 0. The highest BCUT2D eigenvalue weighted by Crippen LogP contribution is 2.21. The van der Waals surface area contributed by atoms with Crippen molar-refractivity contribution >= 4 is 19.7 Å². The number of hydrogen-bond acceptors (Lipinski definition) is 5. The first-order valence-electron chi connectivity index (χ1n) is 4.56. The predicted molar refractivity (Wildman–Crippen MR) is 62.0 cm³/mol. The van der Waals surface area contributed by atoms with Crippen LogP contribution in [0.25, 0.3) is 0 Å². The van der Waals surface area contributed by atoms with Crippen molar-refractivity contribution in [2.24, 2.45) is 0 Å². The smallest absolute Gasteiger partial charge is 0.175 e. The van der Waals surface area contributed by atoms with Gasteiger partial charge in [-0.2, -0.15) is 5.26 Å². The topological polar surface area (TPSA) is 92.1 Å². The van der Waals surface area contributed by atoms with Crippen molar-refractivity contribution in [2.75, 3.05) is 12.5 Å². The maximum atomic E-state index is 11.5. The van der Waals surface area contributed by atoms with Crippen molar-refractivity contribution in [3.05, 3.63) is 23.8 Å². The van der Waals surface area contributed by atoms with Crippen LogP contribution in [0.15, 0.2) is 28.0 Å². The molecule has 0 saturated carbocycles. The molecule has 0 heterocycles. The highest BCUT2D eigenvalue weighted by atomic mass is 32.2. The molecule has 0 N–H and O–H groups in total. The molecule has 17 heavy (non-hydrogen) atoms. The summed E-state index contributed by atoms with van der Waals surface area (Å²) in [6.07, 6.45) is 1.90. The SMILES string of the molecule is CS(=O)(=O)c1ccc(CC#N)c(S(C)(=O)=O)c1. The Kier molecular flexibility index (Phi) is 3.59. The van der Waals surface area contributed by atoms with Crippen LogP contribution in [0.3, 0.4) is 0 Å². The molecule has 0 fully saturated rings. The van der Waals surface area contributed by atoms with E-state index in [1.165, 1.54) is 12.1 Å². The van der Waals surface area contributed by atoms with Crippen LogP contribution in [-0.4, -0.2) is 29.3 Å². The molecule has 5 nitrogen and oxygen atoms in total. The van der Waals surface area contributed by atoms with Crippen LogP contribution in [0.1, 0.15) is 5.56 Å². The van der Waals surface area contributed by atoms with Gasteiger partial charge in [-0.1, -0.05) is 6.07 Å². The molecule has 0 bridgehead atoms. The van der Waals surface area contributed by atoms with Crippen molar-refractivity contribution in [1.82, 2.24) is 0 Å². The predicted octanol–water partition coefficient (Wildman–Crippen LogP) is 0.560. The zero-order valence-electron chi connectivity index (χ0n) is 9.34. The van der Waals surface area contributed by atoms with Crippen LogP contribution in [0.5, 0.6) is 0 Å². The van der Waals surface area contributed by atoms with Crippen molar-refractivity contribution in [1.29, 1.82) is 5.26 Å². The van der Waals surface area contributed by atoms with E-state index in [2.05, 4.69) is 0 Å². The third-order valence-electron chi connectivity index (χ3n) is 2.14. The Bertz CT molecular complexity index is 682. The van der Waals surface area contributed by atoms with Gasteiger partial charge in [0.1, 0.15) is 0 Å². The second kappa shape index (κ2) is 4.47. The van der Waals surface area contributed by atoms with E-state index in [4.69, 9.17) is 5.26 Å². The molecule has 0 aliphatic carbocycles. The summed E-state index contributed by atoms with van der Waals surface area (Å²) >= 11 is 0. The molecule has 0 aliphatic heterocycles. The molecular weight excluding hydrogens is 262 g/mol. The Hall–Kier alpha value is -1.39. The fraction of sp³-hybridized carbons (Fsp3) is 0.300. The van der Waals surface area contributed by atoms with Gasteiger partial charge in [-0.3, -0.25) is 0 Å². The number of nitriles is 1. The lowest BCUT2D eigenvalue weighted by molar-refractivity contribution is 0.599. The van der Waals surface area contributed by atoms with Gasteiger partial charge in [-0.25, -0.2) is 16.8 Å². The average molecular weight is 273 g/mol. The van der Waals surface area contributed by atoms with Gasteiger partial charge < -0.3 is 0 Å². The Morgan fingerprint density at radius 3 is 2.12 bits per heavy atom. The largest absolute Gasteiger partial charge is 0.224 e. The molecule has 0 spiro atoms. The van der Waals surface area contributed by atoms with E-state index in [-0.39, 0.29) is 16.2 Å². The van der Waals surface area contributed by atoms with Gasteiger partial charge in [0.15, 0.2) is 19.7 Å². The minimum atomic E-state index is -3.55. The van der Waals surface area contributed by atoms with Gasteiger partial charge in [-0.05, 0) is 17.7 Å². The van der Waals surface area contributed by atoms with Crippen molar-refractivity contribution in [3.8, 4) is 6.07 Å². The van der Waals surface area contributed by atoms with Crippen LogP contribution in [0, 0.1) is 11.3 Å². The van der Waals surface area contributed by atoms with Gasteiger partial charge in [0.2, 0.25) is 0 Å². The lowest BCUT2D eigenvalue weighted by Gasteiger charge is -2.07. The second-order valence-electron chi connectivity index (χ2n) is 3.65. The Morgan fingerprint density at radius 2 is 1.71 bits per heavy atom. The first-order chi connectivity index (χ1) is 7.66. The maximum absolute atomic E-state index is 11.5. The van der Waals surface area contributed by atoms with Crippen LogP contribution in [0.4, 0.5) is 0 Å². The molecule has 0 saturated heterocycles. The number of sulfone groups is 2. The molecule has 0 aliphatic rings. The molecule has 0 aromatic heterocycles. The Labute approximate surface area is 101 Å². The fourth-order valence-corrected chi connectivity index (χ4v) is 3.02. The molecule has 0 unspecified atom stereocenters. The third kappa shape index (κ3) is 3.28. The van der Waals surface area contributed by atoms with E-state index in [9.17, 15) is 16.8 Å². The average Bonchev–Trinajstić information content (AvgIpc) is 2.15. The van der Waals surface area contributed by atoms with E-state index in [0.717, 1.165) is 18.6 Å². The first kappa shape index (κ1) is 13.7. The van der Waals surface area contributed by atoms with E-state index in [0.29, 0.717) is 5.56 Å². The molecular formula is C10H11NO4S2.